The molecule has 1 aliphatic rings. The average Bonchev–Trinajstić information content (AvgIpc) is 3.32. The van der Waals surface area contributed by atoms with Crippen molar-refractivity contribution in [3.05, 3.63) is 82.4 Å². The van der Waals surface area contributed by atoms with Gasteiger partial charge in [-0.15, -0.1) is 0 Å². The highest BCUT2D eigenvalue weighted by molar-refractivity contribution is 6.33. The fourth-order valence-corrected chi connectivity index (χ4v) is 4.21. The number of hydrazone groups is 1. The highest BCUT2D eigenvalue weighted by Gasteiger charge is 2.37. The lowest BCUT2D eigenvalue weighted by molar-refractivity contribution is 0.0709. The molecule has 0 saturated heterocycles. The summed E-state index contributed by atoms with van der Waals surface area (Å²) in [6.07, 6.45) is 0.433. The van der Waals surface area contributed by atoms with Gasteiger partial charge in [0.1, 0.15) is 23.0 Å². The first-order valence-corrected chi connectivity index (χ1v) is 11.0. The van der Waals surface area contributed by atoms with Gasteiger partial charge in [-0.1, -0.05) is 23.7 Å². The van der Waals surface area contributed by atoms with Crippen molar-refractivity contribution in [3.8, 4) is 23.0 Å². The van der Waals surface area contributed by atoms with Crippen LogP contribution in [0.3, 0.4) is 0 Å². The summed E-state index contributed by atoms with van der Waals surface area (Å²) in [5.74, 6) is 2.22. The molecule has 1 aliphatic heterocycles. The van der Waals surface area contributed by atoms with Crippen molar-refractivity contribution in [2.24, 2.45) is 5.10 Å². The van der Waals surface area contributed by atoms with E-state index in [1.165, 1.54) is 5.01 Å². The van der Waals surface area contributed by atoms with Crippen LogP contribution in [0.15, 0.2) is 65.8 Å². The zero-order valence-corrected chi connectivity index (χ0v) is 20.1. The molecule has 7 nitrogen and oxygen atoms in total. The maximum Gasteiger partial charge on any atom is 0.276 e. The Balaban J connectivity index is 1.84. The van der Waals surface area contributed by atoms with Crippen LogP contribution in [0.1, 0.15) is 33.9 Å². The molecule has 0 aliphatic carbocycles. The van der Waals surface area contributed by atoms with Crippen molar-refractivity contribution in [2.75, 3.05) is 28.4 Å². The van der Waals surface area contributed by atoms with Gasteiger partial charge in [-0.05, 0) is 42.5 Å². The number of halogens is 1. The molecule has 8 heteroatoms. The minimum atomic E-state index is -0.448. The molecule has 0 unspecified atom stereocenters. The van der Waals surface area contributed by atoms with E-state index < -0.39 is 6.04 Å². The van der Waals surface area contributed by atoms with E-state index in [0.29, 0.717) is 45.7 Å². The van der Waals surface area contributed by atoms with E-state index in [2.05, 4.69) is 0 Å². The quantitative estimate of drug-likeness (QED) is 0.455. The molecule has 1 heterocycles. The highest BCUT2D eigenvalue weighted by atomic mass is 35.5. The third kappa shape index (κ3) is 4.39. The van der Waals surface area contributed by atoms with Gasteiger partial charge >= 0.3 is 0 Å². The third-order valence-corrected chi connectivity index (χ3v) is 6.07. The maximum absolute atomic E-state index is 13.6. The molecule has 0 bridgehead atoms. The maximum atomic E-state index is 13.6. The number of methoxy groups -OCH3 is 4. The van der Waals surface area contributed by atoms with Crippen LogP contribution in [0, 0.1) is 0 Å². The first-order chi connectivity index (χ1) is 16.5. The van der Waals surface area contributed by atoms with Gasteiger partial charge in [0, 0.05) is 23.6 Å². The smallest absolute Gasteiger partial charge is 0.276 e. The van der Waals surface area contributed by atoms with Crippen LogP contribution in [0.4, 0.5) is 0 Å². The van der Waals surface area contributed by atoms with E-state index in [4.69, 9.17) is 35.6 Å². The van der Waals surface area contributed by atoms with E-state index in [9.17, 15) is 4.79 Å². The van der Waals surface area contributed by atoms with Gasteiger partial charge in [-0.2, -0.15) is 5.10 Å². The third-order valence-electron chi connectivity index (χ3n) is 5.74. The first-order valence-electron chi connectivity index (χ1n) is 10.6. The summed E-state index contributed by atoms with van der Waals surface area (Å²) in [5, 5.41) is 6.57. The van der Waals surface area contributed by atoms with Crippen LogP contribution in [0.25, 0.3) is 0 Å². The standard InChI is InChI=1S/C26H25ClN2O5/c1-31-16-10-12-24(33-3)20(13-16)23-15-22(19-11-9-17(32-2)14-25(19)34-4)28-29(23)26(30)18-7-5-6-8-21(18)27/h5-14,23H,15H2,1-4H3/t23-/m0/s1. The number of amides is 1. The Kier molecular flexibility index (Phi) is 6.93. The molecule has 3 aromatic carbocycles. The molecule has 4 rings (SSSR count). The molecule has 1 amide bonds. The molecule has 0 N–H and O–H groups in total. The molecule has 34 heavy (non-hydrogen) atoms. The van der Waals surface area contributed by atoms with Gasteiger partial charge in [0.25, 0.3) is 5.91 Å². The van der Waals surface area contributed by atoms with Gasteiger partial charge < -0.3 is 18.9 Å². The van der Waals surface area contributed by atoms with Crippen molar-refractivity contribution >= 4 is 23.2 Å². The Morgan fingerprint density at radius 2 is 1.56 bits per heavy atom. The van der Waals surface area contributed by atoms with Crippen LogP contribution in [-0.4, -0.2) is 45.1 Å². The van der Waals surface area contributed by atoms with Crippen LogP contribution >= 0.6 is 11.6 Å². The van der Waals surface area contributed by atoms with Crippen LogP contribution in [0.5, 0.6) is 23.0 Å². The van der Waals surface area contributed by atoms with Crippen LogP contribution in [0.2, 0.25) is 5.02 Å². The lowest BCUT2D eigenvalue weighted by Crippen LogP contribution is -2.27. The fourth-order valence-electron chi connectivity index (χ4n) is 4.00. The Morgan fingerprint density at radius 3 is 2.24 bits per heavy atom. The van der Waals surface area contributed by atoms with Gasteiger partial charge in [0.05, 0.1) is 50.8 Å². The Bertz CT molecular complexity index is 1240. The lowest BCUT2D eigenvalue weighted by Gasteiger charge is -2.24. The number of hydrogen-bond acceptors (Lipinski definition) is 6. The number of nitrogens with zero attached hydrogens (tertiary/aromatic N) is 2. The number of rotatable bonds is 7. The van der Waals surface area contributed by atoms with Gasteiger partial charge in [-0.25, -0.2) is 5.01 Å². The molecule has 0 aromatic heterocycles. The van der Waals surface area contributed by atoms with Crippen molar-refractivity contribution in [2.45, 2.75) is 12.5 Å². The number of ether oxygens (including phenoxy) is 4. The van der Waals surface area contributed by atoms with E-state index in [-0.39, 0.29) is 5.91 Å². The van der Waals surface area contributed by atoms with E-state index >= 15 is 0 Å². The average molecular weight is 481 g/mol. The predicted molar refractivity (Wildman–Crippen MR) is 131 cm³/mol. The van der Waals surface area contributed by atoms with Gasteiger partial charge in [0.2, 0.25) is 0 Å². The molecule has 176 valence electrons. The normalized spacial score (nSPS) is 15.0. The molecular formula is C26H25ClN2O5. The molecule has 3 aromatic rings. The SMILES string of the molecule is COc1ccc(C2=NN(C(=O)c3ccccc3Cl)[C@H](c3cc(OC)ccc3OC)C2)c(OC)c1. The minimum Gasteiger partial charge on any atom is -0.497 e. The summed E-state index contributed by atoms with van der Waals surface area (Å²) in [5.41, 5.74) is 2.59. The zero-order chi connectivity index (χ0) is 24.2. The predicted octanol–water partition coefficient (Wildman–Crippen LogP) is 5.37. The molecular weight excluding hydrogens is 456 g/mol. The summed E-state index contributed by atoms with van der Waals surface area (Å²) in [4.78, 5) is 13.6. The van der Waals surface area contributed by atoms with Crippen molar-refractivity contribution in [3.63, 3.8) is 0 Å². The summed E-state index contributed by atoms with van der Waals surface area (Å²) in [7, 11) is 6.37. The fraction of sp³-hybridized carbons (Fsp3) is 0.231. The van der Waals surface area contributed by atoms with Gasteiger partial charge in [0.15, 0.2) is 0 Å². The Labute approximate surface area is 203 Å². The molecule has 0 fully saturated rings. The Hall–Kier alpha value is -3.71. The Morgan fingerprint density at radius 1 is 0.882 bits per heavy atom. The second-order valence-electron chi connectivity index (χ2n) is 7.57. The highest BCUT2D eigenvalue weighted by Crippen LogP contribution is 2.41. The molecule has 1 atom stereocenters. The summed E-state index contributed by atoms with van der Waals surface area (Å²) in [6, 6.07) is 17.5. The molecule has 0 saturated carbocycles. The number of hydrogen-bond donors (Lipinski definition) is 0. The summed E-state index contributed by atoms with van der Waals surface area (Å²) in [6.45, 7) is 0. The molecule has 0 radical (unpaired) electrons. The van der Waals surface area contributed by atoms with Crippen LogP contribution in [-0.2, 0) is 0 Å². The number of carbonyl (C=O) groups is 1. The minimum absolute atomic E-state index is 0.317. The largest absolute Gasteiger partial charge is 0.497 e. The zero-order valence-electron chi connectivity index (χ0n) is 19.4. The van der Waals surface area contributed by atoms with E-state index in [0.717, 1.165) is 11.1 Å². The van der Waals surface area contributed by atoms with E-state index in [1.54, 1.807) is 58.8 Å². The molecule has 0 spiro atoms. The number of carbonyl (C=O) groups excluding carboxylic acids is 1. The van der Waals surface area contributed by atoms with Crippen molar-refractivity contribution in [1.29, 1.82) is 0 Å². The van der Waals surface area contributed by atoms with E-state index in [1.807, 2.05) is 30.3 Å². The summed E-state index contributed by atoms with van der Waals surface area (Å²) >= 11 is 6.36. The lowest BCUT2D eigenvalue weighted by atomic mass is 9.96. The topological polar surface area (TPSA) is 69.6 Å². The monoisotopic (exact) mass is 480 g/mol. The second-order valence-corrected chi connectivity index (χ2v) is 7.98. The van der Waals surface area contributed by atoms with Crippen molar-refractivity contribution in [1.82, 2.24) is 5.01 Å². The van der Waals surface area contributed by atoms with Crippen molar-refractivity contribution < 1.29 is 23.7 Å². The second kappa shape index (κ2) is 10.1. The summed E-state index contributed by atoms with van der Waals surface area (Å²) < 4.78 is 22.0. The number of benzene rings is 3. The van der Waals surface area contributed by atoms with Gasteiger partial charge in [-0.3, -0.25) is 4.79 Å². The first kappa shape index (κ1) is 23.4. The van der Waals surface area contributed by atoms with Crippen LogP contribution < -0.4 is 18.9 Å².